The van der Waals surface area contributed by atoms with E-state index in [0.717, 1.165) is 17.6 Å². The Kier molecular flexibility index (Phi) is 5.31. The molecule has 0 aliphatic carbocycles. The van der Waals surface area contributed by atoms with Crippen LogP contribution in [0.2, 0.25) is 0 Å². The zero-order chi connectivity index (χ0) is 24.0. The van der Waals surface area contributed by atoms with Gasteiger partial charge in [-0.05, 0) is 51.0 Å². The molecule has 0 spiro atoms. The van der Waals surface area contributed by atoms with E-state index < -0.39 is 12.0 Å². The first kappa shape index (κ1) is 21.7. The number of nitrogens with zero attached hydrogens (tertiary/aromatic N) is 4. The lowest BCUT2D eigenvalue weighted by atomic mass is 10.1. The number of ether oxygens (including phenoxy) is 1. The van der Waals surface area contributed by atoms with Gasteiger partial charge in [-0.25, -0.2) is 4.79 Å². The Morgan fingerprint density at radius 2 is 2.03 bits per heavy atom. The first-order chi connectivity index (χ1) is 16.3. The van der Waals surface area contributed by atoms with Crippen LogP contribution in [0.25, 0.3) is 22.2 Å². The monoisotopic (exact) mass is 460 g/mol. The fraction of sp³-hybridized carbons (Fsp3) is 0.280. The minimum absolute atomic E-state index is 0.0846. The molecule has 1 unspecified atom stereocenters. The Bertz CT molecular complexity index is 1450. The summed E-state index contributed by atoms with van der Waals surface area (Å²) in [4.78, 5) is 35.0. The van der Waals surface area contributed by atoms with E-state index in [2.05, 4.69) is 9.97 Å². The second-order valence-electron chi connectivity index (χ2n) is 8.54. The highest BCUT2D eigenvalue weighted by molar-refractivity contribution is 5.85. The van der Waals surface area contributed by atoms with E-state index in [1.54, 1.807) is 43.3 Å². The quantitative estimate of drug-likeness (QED) is 0.475. The smallest absolute Gasteiger partial charge is 0.326 e. The lowest BCUT2D eigenvalue weighted by Gasteiger charge is -2.23. The number of rotatable bonds is 5. The molecule has 1 atom stereocenters. The normalized spacial score (nSPS) is 15.7. The van der Waals surface area contributed by atoms with Gasteiger partial charge in [0.2, 0.25) is 0 Å². The molecule has 0 saturated carbocycles. The van der Waals surface area contributed by atoms with Crippen molar-refractivity contribution in [2.75, 3.05) is 11.4 Å². The summed E-state index contributed by atoms with van der Waals surface area (Å²) in [5, 5.41) is 10.5. The first-order valence-corrected chi connectivity index (χ1v) is 11.0. The maximum atomic E-state index is 12.2. The van der Waals surface area contributed by atoms with Crippen molar-refractivity contribution in [1.29, 1.82) is 0 Å². The lowest BCUT2D eigenvalue weighted by molar-refractivity contribution is -0.138. The maximum Gasteiger partial charge on any atom is 0.326 e. The van der Waals surface area contributed by atoms with Gasteiger partial charge in [-0.1, -0.05) is 6.07 Å². The summed E-state index contributed by atoms with van der Waals surface area (Å²) in [6, 6.07) is 10.3. The molecule has 1 aliphatic heterocycles. The van der Waals surface area contributed by atoms with Crippen LogP contribution in [0.3, 0.4) is 0 Å². The highest BCUT2D eigenvalue weighted by Crippen LogP contribution is 2.34. The van der Waals surface area contributed by atoms with Crippen LogP contribution in [0.4, 0.5) is 5.82 Å². The maximum absolute atomic E-state index is 12.2. The average Bonchev–Trinajstić information content (AvgIpc) is 3.44. The van der Waals surface area contributed by atoms with Crippen LogP contribution in [0.5, 0.6) is 11.8 Å². The third-order valence-corrected chi connectivity index (χ3v) is 6.03. The molecule has 3 aromatic heterocycles. The number of aromatic nitrogens is 3. The number of pyridine rings is 1. The standard InChI is InChI=1S/C25H24N4O5/c1-14-10-16(13-28(3)23(14)30)18-12-22(29-9-5-6-19(29)24(31)32)27-25(26-18)34-21-8-4-7-20-17(21)11-15(2)33-20/h4,7-8,10-13,19H,5-6,9H2,1-3H3,(H,31,32). The predicted molar refractivity (Wildman–Crippen MR) is 126 cm³/mol. The van der Waals surface area contributed by atoms with Crippen LogP contribution in [0, 0.1) is 13.8 Å². The van der Waals surface area contributed by atoms with Crippen molar-refractivity contribution < 1.29 is 19.1 Å². The summed E-state index contributed by atoms with van der Waals surface area (Å²) >= 11 is 0. The third kappa shape index (κ3) is 3.89. The first-order valence-electron chi connectivity index (χ1n) is 11.0. The molecule has 0 radical (unpaired) electrons. The Labute approximate surface area is 195 Å². The Balaban J connectivity index is 1.64. The van der Waals surface area contributed by atoms with Crippen LogP contribution in [0.15, 0.2) is 51.8 Å². The van der Waals surface area contributed by atoms with Gasteiger partial charge >= 0.3 is 12.0 Å². The number of benzene rings is 1. The van der Waals surface area contributed by atoms with Gasteiger partial charge in [-0.15, -0.1) is 0 Å². The predicted octanol–water partition coefficient (Wildman–Crippen LogP) is 4.05. The molecule has 1 aromatic carbocycles. The summed E-state index contributed by atoms with van der Waals surface area (Å²) < 4.78 is 13.3. The number of hydrogen-bond donors (Lipinski definition) is 1. The molecule has 9 nitrogen and oxygen atoms in total. The van der Waals surface area contributed by atoms with Crippen molar-refractivity contribution in [2.45, 2.75) is 32.7 Å². The Morgan fingerprint density at radius 1 is 1.21 bits per heavy atom. The zero-order valence-corrected chi connectivity index (χ0v) is 19.1. The van der Waals surface area contributed by atoms with Gasteiger partial charge in [0.15, 0.2) is 0 Å². The van der Waals surface area contributed by atoms with E-state index in [9.17, 15) is 14.7 Å². The second-order valence-corrected chi connectivity index (χ2v) is 8.54. The molecule has 4 aromatic rings. The highest BCUT2D eigenvalue weighted by atomic mass is 16.5. The number of carboxylic acids is 1. The minimum Gasteiger partial charge on any atom is -0.480 e. The summed E-state index contributed by atoms with van der Waals surface area (Å²) in [7, 11) is 1.68. The fourth-order valence-electron chi connectivity index (χ4n) is 4.42. The van der Waals surface area contributed by atoms with Crippen molar-refractivity contribution in [3.05, 3.63) is 64.3 Å². The van der Waals surface area contributed by atoms with Crippen LogP contribution in [-0.4, -0.2) is 38.2 Å². The lowest BCUT2D eigenvalue weighted by Crippen LogP contribution is -2.36. The molecule has 0 bridgehead atoms. The van der Waals surface area contributed by atoms with E-state index in [-0.39, 0.29) is 11.6 Å². The van der Waals surface area contributed by atoms with Gasteiger partial charge < -0.3 is 23.7 Å². The van der Waals surface area contributed by atoms with Gasteiger partial charge in [0.1, 0.15) is 29.0 Å². The molecule has 4 heterocycles. The SMILES string of the molecule is Cc1cc2c(Oc3nc(-c4cc(C)c(=O)n(C)c4)cc(N4CCCC4C(=O)O)n3)cccc2o1. The van der Waals surface area contributed by atoms with E-state index in [1.807, 2.05) is 25.1 Å². The number of furan rings is 1. The van der Waals surface area contributed by atoms with Gasteiger partial charge in [-0.2, -0.15) is 9.97 Å². The van der Waals surface area contributed by atoms with E-state index in [0.29, 0.717) is 46.9 Å². The highest BCUT2D eigenvalue weighted by Gasteiger charge is 2.32. The molecule has 34 heavy (non-hydrogen) atoms. The van der Waals surface area contributed by atoms with E-state index in [1.165, 1.54) is 4.57 Å². The fourth-order valence-corrected chi connectivity index (χ4v) is 4.42. The number of aryl methyl sites for hydroxylation is 3. The zero-order valence-electron chi connectivity index (χ0n) is 19.1. The molecule has 1 saturated heterocycles. The van der Waals surface area contributed by atoms with Crippen molar-refractivity contribution in [1.82, 2.24) is 14.5 Å². The topological polar surface area (TPSA) is 111 Å². The Morgan fingerprint density at radius 3 is 2.79 bits per heavy atom. The number of aliphatic carboxylic acids is 1. The average molecular weight is 460 g/mol. The van der Waals surface area contributed by atoms with E-state index >= 15 is 0 Å². The van der Waals surface area contributed by atoms with Crippen molar-refractivity contribution in [3.63, 3.8) is 0 Å². The van der Waals surface area contributed by atoms with Gasteiger partial charge in [0.05, 0.1) is 11.1 Å². The van der Waals surface area contributed by atoms with Crippen molar-refractivity contribution >= 4 is 22.8 Å². The van der Waals surface area contributed by atoms with Crippen molar-refractivity contribution in [3.8, 4) is 23.0 Å². The Hall–Kier alpha value is -4.14. The minimum atomic E-state index is -0.892. The second kappa shape index (κ2) is 8.33. The third-order valence-electron chi connectivity index (χ3n) is 6.03. The molecule has 5 rings (SSSR count). The summed E-state index contributed by atoms with van der Waals surface area (Å²) in [6.07, 6.45) is 2.99. The van der Waals surface area contributed by atoms with E-state index in [4.69, 9.17) is 9.15 Å². The largest absolute Gasteiger partial charge is 0.480 e. The van der Waals surface area contributed by atoms with Gasteiger partial charge in [0, 0.05) is 37.0 Å². The number of hydrogen-bond acceptors (Lipinski definition) is 7. The molecule has 1 fully saturated rings. The van der Waals surface area contributed by atoms with Crippen LogP contribution < -0.4 is 15.2 Å². The summed E-state index contributed by atoms with van der Waals surface area (Å²) in [5.41, 5.74) is 2.40. The summed E-state index contributed by atoms with van der Waals surface area (Å²) in [6.45, 7) is 4.17. The molecular weight excluding hydrogens is 436 g/mol. The number of fused-ring (bicyclic) bond motifs is 1. The summed E-state index contributed by atoms with van der Waals surface area (Å²) in [5.74, 6) is 0.859. The van der Waals surface area contributed by atoms with Crippen LogP contribution in [0.1, 0.15) is 24.2 Å². The van der Waals surface area contributed by atoms with Crippen molar-refractivity contribution in [2.24, 2.45) is 7.05 Å². The molecule has 0 amide bonds. The number of carboxylic acid groups (broad SMARTS) is 1. The molecular formula is C25H24N4O5. The molecule has 1 aliphatic rings. The molecule has 9 heteroatoms. The van der Waals surface area contributed by atoms with Crippen LogP contribution >= 0.6 is 0 Å². The van der Waals surface area contributed by atoms with Crippen LogP contribution in [-0.2, 0) is 11.8 Å². The molecule has 174 valence electrons. The molecule has 1 N–H and O–H groups in total. The number of anilines is 1. The van der Waals surface area contributed by atoms with Gasteiger partial charge in [0.25, 0.3) is 5.56 Å². The number of carbonyl (C=O) groups is 1. The van der Waals surface area contributed by atoms with Gasteiger partial charge in [-0.3, -0.25) is 4.79 Å².